The van der Waals surface area contributed by atoms with Crippen LogP contribution in [-0.2, 0) is 11.3 Å². The third-order valence-electron chi connectivity index (χ3n) is 2.70. The molecule has 0 fully saturated rings. The highest BCUT2D eigenvalue weighted by atomic mass is 16.5. The van der Waals surface area contributed by atoms with E-state index in [1.54, 1.807) is 12.3 Å². The van der Waals surface area contributed by atoms with E-state index in [9.17, 15) is 4.79 Å². The molecule has 1 heterocycles. The predicted molar refractivity (Wildman–Crippen MR) is 81.3 cm³/mol. The molecule has 0 saturated heterocycles. The van der Waals surface area contributed by atoms with Gasteiger partial charge in [0.25, 0.3) is 0 Å². The molecule has 112 valence electrons. The van der Waals surface area contributed by atoms with Gasteiger partial charge in [0.1, 0.15) is 11.5 Å². The highest BCUT2D eigenvalue weighted by molar-refractivity contribution is 5.80. The van der Waals surface area contributed by atoms with Crippen LogP contribution in [0.25, 0.3) is 0 Å². The summed E-state index contributed by atoms with van der Waals surface area (Å²) in [7, 11) is 0. The minimum Gasteiger partial charge on any atom is -0.491 e. The lowest BCUT2D eigenvalue weighted by atomic mass is 10.3. The Morgan fingerprint density at radius 1 is 1.29 bits per heavy atom. The fourth-order valence-corrected chi connectivity index (χ4v) is 1.80. The van der Waals surface area contributed by atoms with E-state index in [1.807, 2.05) is 44.2 Å². The number of nitrogens with one attached hydrogen (secondary N) is 2. The zero-order valence-electron chi connectivity index (χ0n) is 12.3. The van der Waals surface area contributed by atoms with Crippen LogP contribution in [0.15, 0.2) is 47.1 Å². The Morgan fingerprint density at radius 2 is 2.14 bits per heavy atom. The third-order valence-corrected chi connectivity index (χ3v) is 2.70. The monoisotopic (exact) mass is 288 g/mol. The van der Waals surface area contributed by atoms with E-state index in [2.05, 4.69) is 10.6 Å². The SMILES string of the molecule is CC(C)Oc1cccc(NCC(=O)NCc2ccco2)c1. The van der Waals surface area contributed by atoms with Gasteiger partial charge >= 0.3 is 0 Å². The first-order chi connectivity index (χ1) is 10.1. The van der Waals surface area contributed by atoms with Gasteiger partial charge in [-0.1, -0.05) is 6.07 Å². The Labute approximate surface area is 124 Å². The molecule has 0 atom stereocenters. The fraction of sp³-hybridized carbons (Fsp3) is 0.312. The van der Waals surface area contributed by atoms with Crippen LogP contribution >= 0.6 is 0 Å². The number of anilines is 1. The molecule has 0 unspecified atom stereocenters. The number of hydrogen-bond donors (Lipinski definition) is 2. The van der Waals surface area contributed by atoms with Gasteiger partial charge in [0.2, 0.25) is 5.91 Å². The van der Waals surface area contributed by atoms with Crippen LogP contribution in [0, 0.1) is 0 Å². The van der Waals surface area contributed by atoms with E-state index in [0.717, 1.165) is 17.2 Å². The third kappa shape index (κ3) is 5.22. The summed E-state index contributed by atoms with van der Waals surface area (Å²) in [6.45, 7) is 4.54. The fourth-order valence-electron chi connectivity index (χ4n) is 1.80. The average molecular weight is 288 g/mol. The minimum atomic E-state index is -0.0958. The topological polar surface area (TPSA) is 63.5 Å². The Balaban J connectivity index is 1.78. The van der Waals surface area contributed by atoms with Gasteiger partial charge in [-0.15, -0.1) is 0 Å². The van der Waals surface area contributed by atoms with Crippen molar-refractivity contribution in [3.63, 3.8) is 0 Å². The zero-order chi connectivity index (χ0) is 15.1. The van der Waals surface area contributed by atoms with Crippen molar-refractivity contribution >= 4 is 11.6 Å². The molecule has 0 radical (unpaired) electrons. The summed E-state index contributed by atoms with van der Waals surface area (Å²) in [5.74, 6) is 1.42. The molecule has 1 amide bonds. The summed E-state index contributed by atoms with van der Waals surface area (Å²) in [5.41, 5.74) is 0.848. The number of carbonyl (C=O) groups excluding carboxylic acids is 1. The molecule has 1 aromatic carbocycles. The van der Waals surface area contributed by atoms with Gasteiger partial charge in [-0.25, -0.2) is 0 Å². The van der Waals surface area contributed by atoms with E-state index in [-0.39, 0.29) is 18.6 Å². The molecule has 0 aliphatic heterocycles. The van der Waals surface area contributed by atoms with Crippen molar-refractivity contribution in [1.29, 1.82) is 0 Å². The number of hydrogen-bond acceptors (Lipinski definition) is 4. The second-order valence-corrected chi connectivity index (χ2v) is 4.90. The summed E-state index contributed by atoms with van der Waals surface area (Å²) in [4.78, 5) is 11.7. The first kappa shape index (κ1) is 15.0. The molecule has 2 aromatic rings. The van der Waals surface area contributed by atoms with Crippen molar-refractivity contribution < 1.29 is 13.9 Å². The number of furan rings is 1. The van der Waals surface area contributed by atoms with Crippen molar-refractivity contribution in [3.05, 3.63) is 48.4 Å². The van der Waals surface area contributed by atoms with Crippen LogP contribution in [0.4, 0.5) is 5.69 Å². The molecule has 5 heteroatoms. The molecule has 0 saturated carbocycles. The smallest absolute Gasteiger partial charge is 0.239 e. The van der Waals surface area contributed by atoms with E-state index in [1.165, 1.54) is 0 Å². The normalized spacial score (nSPS) is 10.4. The molecule has 0 spiro atoms. The molecule has 5 nitrogen and oxygen atoms in total. The van der Waals surface area contributed by atoms with Crippen molar-refractivity contribution in [2.24, 2.45) is 0 Å². The van der Waals surface area contributed by atoms with Crippen molar-refractivity contribution in [2.45, 2.75) is 26.5 Å². The summed E-state index contributed by atoms with van der Waals surface area (Å²) in [5, 5.41) is 5.84. The average Bonchev–Trinajstić information content (AvgIpc) is 2.96. The molecular formula is C16H20N2O3. The first-order valence-electron chi connectivity index (χ1n) is 6.93. The minimum absolute atomic E-state index is 0.0958. The largest absolute Gasteiger partial charge is 0.491 e. The molecular weight excluding hydrogens is 268 g/mol. The van der Waals surface area contributed by atoms with Crippen LogP contribution in [-0.4, -0.2) is 18.6 Å². The summed E-state index contributed by atoms with van der Waals surface area (Å²) in [6, 6.07) is 11.2. The zero-order valence-corrected chi connectivity index (χ0v) is 12.3. The molecule has 0 aliphatic rings. The standard InChI is InChI=1S/C16H20N2O3/c1-12(2)21-14-6-3-5-13(9-14)17-11-16(19)18-10-15-7-4-8-20-15/h3-9,12,17H,10-11H2,1-2H3,(H,18,19). The summed E-state index contributed by atoms with van der Waals surface area (Å²) < 4.78 is 10.8. The number of carbonyl (C=O) groups is 1. The number of ether oxygens (including phenoxy) is 1. The van der Waals surface area contributed by atoms with Crippen molar-refractivity contribution in [2.75, 3.05) is 11.9 Å². The van der Waals surface area contributed by atoms with E-state index >= 15 is 0 Å². The maximum Gasteiger partial charge on any atom is 0.239 e. The quantitative estimate of drug-likeness (QED) is 0.822. The molecule has 1 aromatic heterocycles. The second kappa shape index (κ2) is 7.38. The van der Waals surface area contributed by atoms with Gasteiger partial charge in [0.15, 0.2) is 0 Å². The van der Waals surface area contributed by atoms with Gasteiger partial charge in [-0.05, 0) is 38.1 Å². The maximum absolute atomic E-state index is 11.7. The highest BCUT2D eigenvalue weighted by Gasteiger charge is 2.04. The highest BCUT2D eigenvalue weighted by Crippen LogP contribution is 2.18. The number of benzene rings is 1. The Hall–Kier alpha value is -2.43. The van der Waals surface area contributed by atoms with Crippen LogP contribution in [0.2, 0.25) is 0 Å². The van der Waals surface area contributed by atoms with E-state index in [0.29, 0.717) is 6.54 Å². The van der Waals surface area contributed by atoms with Crippen molar-refractivity contribution in [1.82, 2.24) is 5.32 Å². The lowest BCUT2D eigenvalue weighted by molar-refractivity contribution is -0.119. The Kier molecular flexibility index (Phi) is 5.26. The Bertz CT molecular complexity index is 565. The lowest BCUT2D eigenvalue weighted by Gasteiger charge is -2.12. The molecule has 2 rings (SSSR count). The summed E-state index contributed by atoms with van der Waals surface area (Å²) in [6.07, 6.45) is 1.71. The van der Waals surface area contributed by atoms with Gasteiger partial charge in [-0.3, -0.25) is 4.79 Å². The van der Waals surface area contributed by atoms with Crippen molar-refractivity contribution in [3.8, 4) is 5.75 Å². The van der Waals surface area contributed by atoms with Crippen LogP contribution in [0.5, 0.6) is 5.75 Å². The molecule has 0 aliphatic carbocycles. The van der Waals surface area contributed by atoms with Crippen LogP contribution < -0.4 is 15.4 Å². The van der Waals surface area contributed by atoms with Gasteiger partial charge in [0.05, 0.1) is 25.5 Å². The number of amides is 1. The molecule has 2 N–H and O–H groups in total. The number of rotatable bonds is 7. The Morgan fingerprint density at radius 3 is 2.86 bits per heavy atom. The maximum atomic E-state index is 11.7. The molecule has 21 heavy (non-hydrogen) atoms. The lowest BCUT2D eigenvalue weighted by Crippen LogP contribution is -2.29. The van der Waals surface area contributed by atoms with E-state index in [4.69, 9.17) is 9.15 Å². The van der Waals surface area contributed by atoms with Crippen LogP contribution in [0.3, 0.4) is 0 Å². The van der Waals surface area contributed by atoms with Gasteiger partial charge < -0.3 is 19.8 Å². The van der Waals surface area contributed by atoms with Crippen LogP contribution in [0.1, 0.15) is 19.6 Å². The van der Waals surface area contributed by atoms with E-state index < -0.39 is 0 Å². The van der Waals surface area contributed by atoms with Gasteiger partial charge in [-0.2, -0.15) is 0 Å². The second-order valence-electron chi connectivity index (χ2n) is 4.90. The predicted octanol–water partition coefficient (Wildman–Crippen LogP) is 2.80. The first-order valence-corrected chi connectivity index (χ1v) is 6.93. The van der Waals surface area contributed by atoms with Gasteiger partial charge in [0, 0.05) is 11.8 Å². The molecule has 0 bridgehead atoms. The summed E-state index contributed by atoms with van der Waals surface area (Å²) >= 11 is 0.